The van der Waals surface area contributed by atoms with E-state index in [1.807, 2.05) is 23.1 Å². The maximum absolute atomic E-state index is 12.7. The number of benzene rings is 1. The Morgan fingerprint density at radius 3 is 2.78 bits per heavy atom. The summed E-state index contributed by atoms with van der Waals surface area (Å²) < 4.78 is 0. The minimum atomic E-state index is -0.255. The highest BCUT2D eigenvalue weighted by molar-refractivity contribution is 5.97. The summed E-state index contributed by atoms with van der Waals surface area (Å²) in [6.07, 6.45) is 4.75. The maximum atomic E-state index is 12.7. The highest BCUT2D eigenvalue weighted by atomic mass is 16.2. The van der Waals surface area contributed by atoms with Crippen molar-refractivity contribution in [2.45, 2.75) is 51.1 Å². The van der Waals surface area contributed by atoms with E-state index in [-0.39, 0.29) is 36.4 Å². The Labute approximate surface area is 137 Å². The van der Waals surface area contributed by atoms with Crippen LogP contribution in [0.2, 0.25) is 0 Å². The molecule has 5 heteroatoms. The van der Waals surface area contributed by atoms with Gasteiger partial charge in [-0.3, -0.25) is 9.59 Å². The molecule has 124 valence electrons. The van der Waals surface area contributed by atoms with E-state index in [9.17, 15) is 9.59 Å². The van der Waals surface area contributed by atoms with Crippen molar-refractivity contribution in [3.8, 4) is 0 Å². The van der Waals surface area contributed by atoms with Gasteiger partial charge in [-0.05, 0) is 37.8 Å². The molecular formula is C18H25N3O2. The number of rotatable bonds is 4. The number of carbonyl (C=O) groups is 2. The van der Waals surface area contributed by atoms with Crippen LogP contribution in [0.4, 0.5) is 5.69 Å². The zero-order valence-electron chi connectivity index (χ0n) is 13.6. The SMILES string of the molecule is C[C@@H]1Cc2ccccc2N1C(=O)CN[C@H]1CCCC[C@@H]1C(N)=O. The molecule has 5 nitrogen and oxygen atoms in total. The molecule has 2 amide bonds. The first-order valence-electron chi connectivity index (χ1n) is 8.50. The first kappa shape index (κ1) is 16.0. The molecule has 3 rings (SSSR count). The minimum absolute atomic E-state index is 0.0263. The molecule has 1 aliphatic heterocycles. The topological polar surface area (TPSA) is 75.4 Å². The molecule has 3 N–H and O–H groups in total. The second-order valence-electron chi connectivity index (χ2n) is 6.73. The lowest BCUT2D eigenvalue weighted by Gasteiger charge is -2.31. The number of carbonyl (C=O) groups excluding carboxylic acids is 2. The van der Waals surface area contributed by atoms with E-state index in [2.05, 4.69) is 18.3 Å². The van der Waals surface area contributed by atoms with Crippen LogP contribution in [0.3, 0.4) is 0 Å². The van der Waals surface area contributed by atoms with Gasteiger partial charge in [0.25, 0.3) is 0 Å². The Morgan fingerprint density at radius 2 is 2.00 bits per heavy atom. The highest BCUT2D eigenvalue weighted by Crippen LogP contribution is 2.31. The molecule has 1 heterocycles. The quantitative estimate of drug-likeness (QED) is 0.886. The lowest BCUT2D eigenvalue weighted by atomic mass is 9.84. The fraction of sp³-hybridized carbons (Fsp3) is 0.556. The second-order valence-corrected chi connectivity index (χ2v) is 6.73. The van der Waals surface area contributed by atoms with E-state index < -0.39 is 0 Å². The smallest absolute Gasteiger partial charge is 0.241 e. The molecule has 0 radical (unpaired) electrons. The molecule has 1 aromatic rings. The molecule has 1 fully saturated rings. The second kappa shape index (κ2) is 6.71. The summed E-state index contributed by atoms with van der Waals surface area (Å²) in [5.41, 5.74) is 7.74. The van der Waals surface area contributed by atoms with Crippen LogP contribution in [-0.4, -0.2) is 30.4 Å². The Morgan fingerprint density at radius 1 is 1.26 bits per heavy atom. The lowest BCUT2D eigenvalue weighted by Crippen LogP contribution is -2.49. The number of fused-ring (bicyclic) bond motifs is 1. The van der Waals surface area contributed by atoms with Gasteiger partial charge in [-0.15, -0.1) is 0 Å². The van der Waals surface area contributed by atoms with Gasteiger partial charge in [-0.1, -0.05) is 31.0 Å². The van der Waals surface area contributed by atoms with Crippen molar-refractivity contribution < 1.29 is 9.59 Å². The molecular weight excluding hydrogens is 290 g/mol. The van der Waals surface area contributed by atoms with Gasteiger partial charge in [0.15, 0.2) is 0 Å². The van der Waals surface area contributed by atoms with Gasteiger partial charge in [0.1, 0.15) is 0 Å². The number of nitrogens with one attached hydrogen (secondary N) is 1. The number of anilines is 1. The van der Waals surface area contributed by atoms with Crippen LogP contribution in [-0.2, 0) is 16.0 Å². The number of para-hydroxylation sites is 1. The Hall–Kier alpha value is -1.88. The van der Waals surface area contributed by atoms with Gasteiger partial charge in [0.2, 0.25) is 11.8 Å². The van der Waals surface area contributed by atoms with E-state index in [1.54, 1.807) is 0 Å². The van der Waals surface area contributed by atoms with Crippen molar-refractivity contribution >= 4 is 17.5 Å². The van der Waals surface area contributed by atoms with Crippen LogP contribution in [0.1, 0.15) is 38.2 Å². The fourth-order valence-corrected chi connectivity index (χ4v) is 3.96. The molecule has 0 aromatic heterocycles. The number of nitrogens with zero attached hydrogens (tertiary/aromatic N) is 1. The van der Waals surface area contributed by atoms with Crippen molar-refractivity contribution in [3.63, 3.8) is 0 Å². The average Bonchev–Trinajstić information content (AvgIpc) is 2.88. The monoisotopic (exact) mass is 315 g/mol. The number of hydrogen-bond donors (Lipinski definition) is 2. The molecule has 2 aliphatic rings. The van der Waals surface area contributed by atoms with Crippen LogP contribution in [0.15, 0.2) is 24.3 Å². The van der Waals surface area contributed by atoms with Crippen molar-refractivity contribution in [3.05, 3.63) is 29.8 Å². The first-order valence-corrected chi connectivity index (χ1v) is 8.50. The third-order valence-electron chi connectivity index (χ3n) is 5.12. The summed E-state index contributed by atoms with van der Waals surface area (Å²) in [6.45, 7) is 2.33. The van der Waals surface area contributed by atoms with E-state index in [1.165, 1.54) is 5.56 Å². The van der Waals surface area contributed by atoms with Crippen molar-refractivity contribution in [1.82, 2.24) is 5.32 Å². The third-order valence-corrected chi connectivity index (χ3v) is 5.12. The van der Waals surface area contributed by atoms with Crippen LogP contribution >= 0.6 is 0 Å². The molecule has 23 heavy (non-hydrogen) atoms. The molecule has 3 atom stereocenters. The van der Waals surface area contributed by atoms with Crippen LogP contribution in [0.5, 0.6) is 0 Å². The minimum Gasteiger partial charge on any atom is -0.369 e. The summed E-state index contributed by atoms with van der Waals surface area (Å²) in [6, 6.07) is 8.27. The molecule has 1 aliphatic carbocycles. The zero-order valence-corrected chi connectivity index (χ0v) is 13.6. The standard InChI is InChI=1S/C18H25N3O2/c1-12-10-13-6-2-5-9-16(13)21(12)17(22)11-20-15-8-4-3-7-14(15)18(19)23/h2,5-6,9,12,14-15,20H,3-4,7-8,10-11H2,1H3,(H2,19,23)/t12-,14+,15+/m1/s1. The molecule has 1 aromatic carbocycles. The van der Waals surface area contributed by atoms with Gasteiger partial charge < -0.3 is 16.0 Å². The number of amides is 2. The molecule has 0 unspecified atom stereocenters. The van der Waals surface area contributed by atoms with Crippen molar-refractivity contribution in [1.29, 1.82) is 0 Å². The van der Waals surface area contributed by atoms with E-state index in [0.29, 0.717) is 0 Å². The molecule has 0 spiro atoms. The summed E-state index contributed by atoms with van der Waals surface area (Å²) in [5.74, 6) is -0.342. The summed E-state index contributed by atoms with van der Waals surface area (Å²) >= 11 is 0. The number of nitrogens with two attached hydrogens (primary N) is 1. The number of hydrogen-bond acceptors (Lipinski definition) is 3. The normalized spacial score (nSPS) is 26.8. The maximum Gasteiger partial charge on any atom is 0.241 e. The van der Waals surface area contributed by atoms with Crippen LogP contribution in [0.25, 0.3) is 0 Å². The predicted octanol–water partition coefficient (Wildman–Crippen LogP) is 1.60. The van der Waals surface area contributed by atoms with Gasteiger partial charge in [0.05, 0.1) is 12.5 Å². The first-order chi connectivity index (χ1) is 11.1. The lowest BCUT2D eigenvalue weighted by molar-refractivity contribution is -0.124. The van der Waals surface area contributed by atoms with Gasteiger partial charge in [0, 0.05) is 17.8 Å². The predicted molar refractivity (Wildman–Crippen MR) is 90.0 cm³/mol. The average molecular weight is 315 g/mol. The van der Waals surface area contributed by atoms with Crippen LogP contribution in [0, 0.1) is 5.92 Å². The summed E-state index contributed by atoms with van der Waals surface area (Å²) in [4.78, 5) is 26.1. The Balaban J connectivity index is 1.64. The fourth-order valence-electron chi connectivity index (χ4n) is 3.96. The summed E-state index contributed by atoms with van der Waals surface area (Å²) in [5, 5.41) is 3.29. The Kier molecular flexibility index (Phi) is 4.66. The van der Waals surface area contributed by atoms with Crippen LogP contribution < -0.4 is 16.0 Å². The summed E-state index contributed by atoms with van der Waals surface area (Å²) in [7, 11) is 0. The van der Waals surface area contributed by atoms with E-state index >= 15 is 0 Å². The molecule has 1 saturated carbocycles. The Bertz CT molecular complexity index is 602. The van der Waals surface area contributed by atoms with Gasteiger partial charge in [-0.2, -0.15) is 0 Å². The van der Waals surface area contributed by atoms with Gasteiger partial charge in [-0.25, -0.2) is 0 Å². The van der Waals surface area contributed by atoms with E-state index in [0.717, 1.165) is 37.8 Å². The van der Waals surface area contributed by atoms with Crippen molar-refractivity contribution in [2.24, 2.45) is 11.7 Å². The largest absolute Gasteiger partial charge is 0.369 e. The van der Waals surface area contributed by atoms with Crippen molar-refractivity contribution in [2.75, 3.05) is 11.4 Å². The number of primary amides is 1. The highest BCUT2D eigenvalue weighted by Gasteiger charge is 2.33. The zero-order chi connectivity index (χ0) is 16.4. The molecule has 0 bridgehead atoms. The van der Waals surface area contributed by atoms with E-state index in [4.69, 9.17) is 5.73 Å². The third kappa shape index (κ3) is 3.24. The molecule has 0 saturated heterocycles. The van der Waals surface area contributed by atoms with Gasteiger partial charge >= 0.3 is 0 Å².